The number of carbonyl (C=O) groups excluding carboxylic acids is 7. The minimum absolute atomic E-state index is 0.00793. The molecule has 68 heavy (non-hydrogen) atoms. The molecule has 0 unspecified atom stereocenters. The van der Waals surface area contributed by atoms with Crippen LogP contribution in [0.1, 0.15) is 52.2 Å². The van der Waals surface area contributed by atoms with E-state index in [1.54, 1.807) is 50.5 Å². The van der Waals surface area contributed by atoms with Gasteiger partial charge in [-0.2, -0.15) is 0 Å². The molecular weight excluding hydrogens is 889 g/mol. The molecule has 0 aliphatic carbocycles. The van der Waals surface area contributed by atoms with Crippen molar-refractivity contribution in [2.24, 2.45) is 11.7 Å². The van der Waals surface area contributed by atoms with Gasteiger partial charge in [0, 0.05) is 40.6 Å². The topological polar surface area (TPSA) is 380 Å². The molecule has 2 aromatic carbocycles. The number of aliphatic hydroxyl groups excluding tert-OH is 4. The van der Waals surface area contributed by atoms with Crippen LogP contribution in [0.4, 0.5) is 0 Å². The van der Waals surface area contributed by atoms with Crippen molar-refractivity contribution in [1.29, 1.82) is 0 Å². The molecule has 0 aliphatic heterocycles. The highest BCUT2D eigenvalue weighted by Crippen LogP contribution is 2.21. The second-order valence-corrected chi connectivity index (χ2v) is 17.0. The summed E-state index contributed by atoms with van der Waals surface area (Å²) in [7, 11) is 0. The number of benzene rings is 2. The van der Waals surface area contributed by atoms with Crippen molar-refractivity contribution in [2.45, 2.75) is 114 Å². The fourth-order valence-corrected chi connectivity index (χ4v) is 7.22. The third-order valence-electron chi connectivity index (χ3n) is 11.0. The molecule has 4 aromatic rings. The Bertz CT molecular complexity index is 2420. The first-order chi connectivity index (χ1) is 32.1. The van der Waals surface area contributed by atoms with E-state index in [9.17, 15) is 63.9 Å². The van der Waals surface area contributed by atoms with Gasteiger partial charge in [-0.1, -0.05) is 50.2 Å². The summed E-state index contributed by atoms with van der Waals surface area (Å²) in [5.74, 6) is -8.64. The van der Waals surface area contributed by atoms with E-state index < -0.39 is 121 Å². The average molecular weight is 951 g/mol. The predicted octanol–water partition coefficient (Wildman–Crippen LogP) is -2.95. The number of carboxylic acids is 1. The van der Waals surface area contributed by atoms with E-state index in [4.69, 9.17) is 5.73 Å². The molecule has 0 bridgehead atoms. The van der Waals surface area contributed by atoms with Crippen molar-refractivity contribution in [2.75, 3.05) is 13.2 Å². The van der Waals surface area contributed by atoms with E-state index in [-0.39, 0.29) is 25.2 Å². The maximum Gasteiger partial charge on any atom is 0.325 e. The third kappa shape index (κ3) is 14.5. The van der Waals surface area contributed by atoms with Crippen LogP contribution >= 0.6 is 0 Å². The molecule has 10 atom stereocenters. The average Bonchev–Trinajstić information content (AvgIpc) is 3.90. The minimum atomic E-state index is -1.80. The van der Waals surface area contributed by atoms with Crippen molar-refractivity contribution >= 4 is 69.1 Å². The number of H-pyrrole nitrogens is 2. The Balaban J connectivity index is 1.49. The van der Waals surface area contributed by atoms with Gasteiger partial charge in [0.2, 0.25) is 41.4 Å². The first kappa shape index (κ1) is 53.7. The summed E-state index contributed by atoms with van der Waals surface area (Å²) in [4.78, 5) is 112. The molecule has 0 radical (unpaired) electrons. The Morgan fingerprint density at radius 3 is 1.40 bits per heavy atom. The maximum absolute atomic E-state index is 14.2. The number of rotatable bonds is 25. The summed E-state index contributed by atoms with van der Waals surface area (Å²) in [5, 5.41) is 68.4. The zero-order valence-electron chi connectivity index (χ0n) is 38.2. The summed E-state index contributed by atoms with van der Waals surface area (Å²) < 4.78 is 0. The Hall–Kier alpha value is -6.92. The summed E-state index contributed by atoms with van der Waals surface area (Å²) >= 11 is 0. The zero-order chi connectivity index (χ0) is 50.4. The number of hydrogen-bond donors (Lipinski definition) is 15. The molecule has 4 rings (SSSR count). The Morgan fingerprint density at radius 2 is 0.926 bits per heavy atom. The van der Waals surface area contributed by atoms with Gasteiger partial charge in [-0.05, 0) is 62.8 Å². The first-order valence-corrected chi connectivity index (χ1v) is 21.9. The van der Waals surface area contributed by atoms with Gasteiger partial charge in [-0.25, -0.2) is 0 Å². The number of fused-ring (bicyclic) bond motifs is 2. The largest absolute Gasteiger partial charge is 0.480 e. The number of carboxylic acid groups (broad SMARTS) is 1. The quantitative estimate of drug-likeness (QED) is 0.0316. The van der Waals surface area contributed by atoms with Gasteiger partial charge in [0.1, 0.15) is 42.3 Å². The maximum atomic E-state index is 14.2. The van der Waals surface area contributed by atoms with Crippen LogP contribution in [0.5, 0.6) is 0 Å². The molecule has 0 spiro atoms. The van der Waals surface area contributed by atoms with Crippen molar-refractivity contribution in [3.8, 4) is 0 Å². The highest BCUT2D eigenvalue weighted by atomic mass is 16.4. The molecule has 7 amide bonds. The number of nitrogens with one attached hydrogen (secondary N) is 9. The van der Waals surface area contributed by atoms with Crippen LogP contribution in [0.2, 0.25) is 0 Å². The summed E-state index contributed by atoms with van der Waals surface area (Å²) in [6, 6.07) is 2.10. The molecule has 2 heterocycles. The Labute approximate surface area is 390 Å². The normalized spacial score (nSPS) is 15.9. The van der Waals surface area contributed by atoms with Gasteiger partial charge in [-0.15, -0.1) is 0 Å². The Kier molecular flexibility index (Phi) is 19.5. The Morgan fingerprint density at radius 1 is 0.529 bits per heavy atom. The second-order valence-electron chi connectivity index (χ2n) is 17.0. The van der Waals surface area contributed by atoms with Gasteiger partial charge in [0.25, 0.3) is 0 Å². The van der Waals surface area contributed by atoms with Gasteiger partial charge < -0.3 is 78.5 Å². The van der Waals surface area contributed by atoms with Gasteiger partial charge in [-0.3, -0.25) is 38.4 Å². The lowest BCUT2D eigenvalue weighted by Crippen LogP contribution is -2.62. The highest BCUT2D eigenvalue weighted by molar-refractivity contribution is 5.98. The van der Waals surface area contributed by atoms with Crippen molar-refractivity contribution in [3.05, 3.63) is 72.1 Å². The van der Waals surface area contributed by atoms with Gasteiger partial charge >= 0.3 is 5.97 Å². The van der Waals surface area contributed by atoms with E-state index in [0.717, 1.165) is 16.5 Å². The number of aliphatic hydroxyl groups is 4. The summed E-state index contributed by atoms with van der Waals surface area (Å²) in [6.45, 7) is 4.97. The van der Waals surface area contributed by atoms with Crippen molar-refractivity contribution < 1.29 is 63.9 Å². The number of amides is 7. The molecule has 2 aromatic heterocycles. The van der Waals surface area contributed by atoms with E-state index in [1.807, 2.05) is 24.3 Å². The first-order valence-electron chi connectivity index (χ1n) is 21.9. The molecule has 16 N–H and O–H groups in total. The molecule has 0 aliphatic rings. The smallest absolute Gasteiger partial charge is 0.325 e. The fraction of sp³-hybridized carbons (Fsp3) is 0.467. The molecule has 0 saturated heterocycles. The monoisotopic (exact) mass is 950 g/mol. The van der Waals surface area contributed by atoms with Crippen molar-refractivity contribution in [1.82, 2.24) is 47.2 Å². The number of carbonyl (C=O) groups is 8. The van der Waals surface area contributed by atoms with E-state index in [1.165, 1.54) is 20.8 Å². The van der Waals surface area contributed by atoms with Gasteiger partial charge in [0.15, 0.2) is 0 Å². The van der Waals surface area contributed by atoms with Crippen molar-refractivity contribution in [3.63, 3.8) is 0 Å². The van der Waals surface area contributed by atoms with Crippen LogP contribution < -0.4 is 43.0 Å². The predicted molar refractivity (Wildman–Crippen MR) is 246 cm³/mol. The van der Waals surface area contributed by atoms with E-state index >= 15 is 0 Å². The molecular formula is C45H62N10O13. The number of para-hydroxylation sites is 2. The van der Waals surface area contributed by atoms with Gasteiger partial charge in [0.05, 0.1) is 31.5 Å². The van der Waals surface area contributed by atoms with Crippen LogP contribution in [-0.4, -0.2) is 157 Å². The van der Waals surface area contributed by atoms with E-state index in [2.05, 4.69) is 47.2 Å². The third-order valence-corrected chi connectivity index (χ3v) is 11.0. The molecule has 0 saturated carbocycles. The number of aliphatic carboxylic acids is 1. The molecule has 0 fully saturated rings. The lowest BCUT2D eigenvalue weighted by atomic mass is 10.00. The summed E-state index contributed by atoms with van der Waals surface area (Å²) in [6.07, 6.45) is 0.126. The lowest BCUT2D eigenvalue weighted by Gasteiger charge is -2.28. The standard InChI is InChI=1S/C45H62N10O13/c1-21(2)14-32(40(62)55-36(23(4)58)43(65)49-22(3)45(67)68)50-39(61)33(16-26-18-48-31-13-9-7-11-28(26)31)51-41(63)34(19-56)52-42(64)35(20-57)53-44(66)37(24(5)59)54-38(60)29(46)15-25-17-47-30-12-8-6-10-27(25)30/h6-13,17-18,21-24,29,32-37,47-48,56-59H,14-16,19-20,46H2,1-5H3,(H,49,65)(H,50,61)(H,51,63)(H,52,64)(H,53,66)(H,54,60)(H,55,62)(H,67,68)/t22-,23+,24+,29-,32-,33-,34-,35-,36-,37-/m0/s1. The zero-order valence-corrected chi connectivity index (χ0v) is 38.2. The SMILES string of the molecule is CC(C)C[C@H](NC(=O)[C@H](Cc1c[nH]c2ccccc12)NC(=O)[C@H](CO)NC(=O)[C@H](CO)NC(=O)[C@@H](NC(=O)[C@@H](N)Cc1c[nH]c2ccccc12)[C@@H](C)O)C(=O)N[C@H](C(=O)N[C@@H](C)C(=O)O)[C@@H](C)O. The van der Waals surface area contributed by atoms with Crippen LogP contribution in [0.25, 0.3) is 21.8 Å². The van der Waals surface area contributed by atoms with Crippen LogP contribution in [0, 0.1) is 5.92 Å². The molecule has 23 heteroatoms. The van der Waals surface area contributed by atoms with Crippen LogP contribution in [0.3, 0.4) is 0 Å². The van der Waals surface area contributed by atoms with Crippen LogP contribution in [0.15, 0.2) is 60.9 Å². The highest BCUT2D eigenvalue weighted by Gasteiger charge is 2.36. The number of hydrogen-bond acceptors (Lipinski definition) is 13. The molecule has 23 nitrogen and oxygen atoms in total. The second kappa shape index (κ2) is 24.7. The fourth-order valence-electron chi connectivity index (χ4n) is 7.22. The number of aromatic amines is 2. The minimum Gasteiger partial charge on any atom is -0.480 e. The van der Waals surface area contributed by atoms with E-state index in [0.29, 0.717) is 16.5 Å². The van der Waals surface area contributed by atoms with Crippen LogP contribution in [-0.2, 0) is 51.2 Å². The summed E-state index contributed by atoms with van der Waals surface area (Å²) in [5.41, 5.74) is 8.94. The number of aromatic nitrogens is 2. The lowest BCUT2D eigenvalue weighted by molar-refractivity contribution is -0.142. The molecule has 370 valence electrons. The number of nitrogens with two attached hydrogens (primary N) is 1.